The third-order valence-corrected chi connectivity index (χ3v) is 4.74. The second kappa shape index (κ2) is 5.52. The number of rotatable bonds is 3. The highest BCUT2D eigenvalue weighted by Gasteiger charge is 2.34. The summed E-state index contributed by atoms with van der Waals surface area (Å²) < 4.78 is 5.62. The van der Waals surface area contributed by atoms with Crippen LogP contribution in [0.15, 0.2) is 18.2 Å². The van der Waals surface area contributed by atoms with Gasteiger partial charge in [-0.3, -0.25) is 4.90 Å². The Hall–Kier alpha value is -1.42. The number of anilines is 2. The third-order valence-electron chi connectivity index (χ3n) is 4.74. The first-order valence-electron chi connectivity index (χ1n) is 7.67. The molecule has 4 heteroatoms. The standard InChI is InChI=1S/C16H25N3O/c1-3-20-16-9-12(17)8-15(10-16)19-7-6-13-4-5-14(11-19)18(13)2/h8-10,13-14H,3-7,11,17H2,1-2H3. The van der Waals surface area contributed by atoms with Crippen LogP contribution < -0.4 is 15.4 Å². The van der Waals surface area contributed by atoms with Gasteiger partial charge in [0.05, 0.1) is 6.61 Å². The lowest BCUT2D eigenvalue weighted by Crippen LogP contribution is -2.36. The highest BCUT2D eigenvalue weighted by atomic mass is 16.5. The molecule has 20 heavy (non-hydrogen) atoms. The average molecular weight is 275 g/mol. The summed E-state index contributed by atoms with van der Waals surface area (Å²) in [6.07, 6.45) is 3.92. The molecule has 2 bridgehead atoms. The monoisotopic (exact) mass is 275 g/mol. The Morgan fingerprint density at radius 3 is 2.80 bits per heavy atom. The first kappa shape index (κ1) is 13.6. The molecule has 1 aromatic carbocycles. The second-order valence-corrected chi connectivity index (χ2v) is 5.98. The van der Waals surface area contributed by atoms with Gasteiger partial charge in [-0.1, -0.05) is 0 Å². The Morgan fingerprint density at radius 1 is 1.20 bits per heavy atom. The number of fused-ring (bicyclic) bond motifs is 2. The van der Waals surface area contributed by atoms with E-state index in [2.05, 4.69) is 29.0 Å². The van der Waals surface area contributed by atoms with Crippen molar-refractivity contribution in [1.82, 2.24) is 4.90 Å². The minimum atomic E-state index is 0.677. The largest absolute Gasteiger partial charge is 0.494 e. The first-order chi connectivity index (χ1) is 9.67. The molecule has 0 amide bonds. The molecule has 0 aliphatic carbocycles. The molecule has 0 aromatic heterocycles. The van der Waals surface area contributed by atoms with Gasteiger partial charge in [0.1, 0.15) is 5.75 Å². The number of nitrogens with two attached hydrogens (primary N) is 1. The number of likely N-dealkylation sites (N-methyl/N-ethyl adjacent to an activating group) is 1. The molecule has 1 aromatic rings. The fraction of sp³-hybridized carbons (Fsp3) is 0.625. The predicted molar refractivity (Wildman–Crippen MR) is 83.4 cm³/mol. The number of benzene rings is 1. The molecule has 2 unspecified atom stereocenters. The molecule has 0 radical (unpaired) electrons. The van der Waals surface area contributed by atoms with Crippen LogP contribution in [0.3, 0.4) is 0 Å². The topological polar surface area (TPSA) is 41.7 Å². The summed E-state index contributed by atoms with van der Waals surface area (Å²) in [5.41, 5.74) is 8.01. The van der Waals surface area contributed by atoms with Crippen LogP contribution in [0.2, 0.25) is 0 Å². The smallest absolute Gasteiger partial charge is 0.123 e. The van der Waals surface area contributed by atoms with Crippen LogP contribution in [0.4, 0.5) is 11.4 Å². The molecule has 2 atom stereocenters. The summed E-state index contributed by atoms with van der Waals surface area (Å²) in [5, 5.41) is 0. The lowest BCUT2D eigenvalue weighted by molar-refractivity contribution is 0.254. The Morgan fingerprint density at radius 2 is 2.00 bits per heavy atom. The molecule has 2 fully saturated rings. The number of nitrogens with zero attached hydrogens (tertiary/aromatic N) is 2. The van der Waals surface area contributed by atoms with Crippen molar-refractivity contribution in [2.75, 3.05) is 37.4 Å². The van der Waals surface area contributed by atoms with E-state index in [1.54, 1.807) is 0 Å². The summed E-state index contributed by atoms with van der Waals surface area (Å²) in [6.45, 7) is 4.89. The fourth-order valence-corrected chi connectivity index (χ4v) is 3.58. The van der Waals surface area contributed by atoms with Gasteiger partial charge in [0.15, 0.2) is 0 Å². The number of hydrogen-bond donors (Lipinski definition) is 1. The first-order valence-corrected chi connectivity index (χ1v) is 7.67. The Balaban J connectivity index is 1.82. The Bertz CT molecular complexity index is 477. The van der Waals surface area contributed by atoms with Crippen molar-refractivity contribution in [3.8, 4) is 5.75 Å². The minimum Gasteiger partial charge on any atom is -0.494 e. The molecule has 2 heterocycles. The van der Waals surface area contributed by atoms with E-state index in [0.29, 0.717) is 12.6 Å². The van der Waals surface area contributed by atoms with Gasteiger partial charge in [0.25, 0.3) is 0 Å². The van der Waals surface area contributed by atoms with E-state index in [1.807, 2.05) is 13.0 Å². The lowest BCUT2D eigenvalue weighted by atomic mass is 10.1. The van der Waals surface area contributed by atoms with Crippen LogP contribution in [0, 0.1) is 0 Å². The summed E-state index contributed by atoms with van der Waals surface area (Å²) in [6, 6.07) is 7.54. The summed E-state index contributed by atoms with van der Waals surface area (Å²) in [4.78, 5) is 5.04. The second-order valence-electron chi connectivity index (χ2n) is 5.98. The van der Waals surface area contributed by atoms with E-state index in [0.717, 1.165) is 30.6 Å². The molecular weight excluding hydrogens is 250 g/mol. The molecule has 0 saturated carbocycles. The SMILES string of the molecule is CCOc1cc(N)cc(N2CCC3CCC(C2)N3C)c1. The van der Waals surface area contributed by atoms with Gasteiger partial charge in [0.2, 0.25) is 0 Å². The van der Waals surface area contributed by atoms with Gasteiger partial charge in [0, 0.05) is 48.7 Å². The fourth-order valence-electron chi connectivity index (χ4n) is 3.58. The maximum atomic E-state index is 6.02. The number of nitrogen functional groups attached to an aromatic ring is 1. The van der Waals surface area contributed by atoms with Crippen molar-refractivity contribution in [2.24, 2.45) is 0 Å². The van der Waals surface area contributed by atoms with E-state index in [-0.39, 0.29) is 0 Å². The predicted octanol–water partition coefficient (Wildman–Crippen LogP) is 2.34. The Labute approximate surface area is 121 Å². The van der Waals surface area contributed by atoms with Crippen LogP contribution in [-0.2, 0) is 0 Å². The molecule has 3 rings (SSSR count). The van der Waals surface area contributed by atoms with Gasteiger partial charge >= 0.3 is 0 Å². The van der Waals surface area contributed by atoms with Crippen LogP contribution in [0.5, 0.6) is 5.75 Å². The molecule has 0 spiro atoms. The van der Waals surface area contributed by atoms with Crippen molar-refractivity contribution in [2.45, 2.75) is 38.3 Å². The zero-order chi connectivity index (χ0) is 14.1. The van der Waals surface area contributed by atoms with Crippen molar-refractivity contribution in [1.29, 1.82) is 0 Å². The normalized spacial score (nSPS) is 26.6. The Kier molecular flexibility index (Phi) is 3.74. The average Bonchev–Trinajstić information content (AvgIpc) is 2.62. The minimum absolute atomic E-state index is 0.677. The van der Waals surface area contributed by atoms with Crippen molar-refractivity contribution < 1.29 is 4.74 Å². The maximum Gasteiger partial charge on any atom is 0.123 e. The molecule has 2 aliphatic heterocycles. The van der Waals surface area contributed by atoms with Gasteiger partial charge in [-0.25, -0.2) is 0 Å². The van der Waals surface area contributed by atoms with Gasteiger partial charge in [-0.05, 0) is 39.3 Å². The maximum absolute atomic E-state index is 6.02. The van der Waals surface area contributed by atoms with E-state index in [9.17, 15) is 0 Å². The van der Waals surface area contributed by atoms with E-state index >= 15 is 0 Å². The third kappa shape index (κ3) is 2.57. The van der Waals surface area contributed by atoms with Crippen LogP contribution in [-0.4, -0.2) is 43.7 Å². The highest BCUT2D eigenvalue weighted by Crippen LogP contribution is 2.32. The van der Waals surface area contributed by atoms with Crippen molar-refractivity contribution >= 4 is 11.4 Å². The van der Waals surface area contributed by atoms with E-state index in [4.69, 9.17) is 10.5 Å². The molecule has 4 nitrogen and oxygen atoms in total. The molecule has 2 saturated heterocycles. The number of hydrogen-bond acceptors (Lipinski definition) is 4. The van der Waals surface area contributed by atoms with Gasteiger partial charge in [-0.2, -0.15) is 0 Å². The van der Waals surface area contributed by atoms with Crippen LogP contribution in [0.25, 0.3) is 0 Å². The summed E-state index contributed by atoms with van der Waals surface area (Å²) >= 11 is 0. The number of ether oxygens (including phenoxy) is 1. The van der Waals surface area contributed by atoms with E-state index < -0.39 is 0 Å². The van der Waals surface area contributed by atoms with Crippen molar-refractivity contribution in [3.05, 3.63) is 18.2 Å². The highest BCUT2D eigenvalue weighted by molar-refractivity contribution is 5.60. The zero-order valence-corrected chi connectivity index (χ0v) is 12.5. The van der Waals surface area contributed by atoms with Crippen LogP contribution >= 0.6 is 0 Å². The lowest BCUT2D eigenvalue weighted by Gasteiger charge is -2.28. The quantitative estimate of drug-likeness (QED) is 0.860. The molecule has 2 aliphatic rings. The molecular formula is C16H25N3O. The molecule has 2 N–H and O–H groups in total. The van der Waals surface area contributed by atoms with Crippen LogP contribution in [0.1, 0.15) is 26.2 Å². The van der Waals surface area contributed by atoms with Crippen molar-refractivity contribution in [3.63, 3.8) is 0 Å². The van der Waals surface area contributed by atoms with E-state index in [1.165, 1.54) is 24.9 Å². The van der Waals surface area contributed by atoms with Gasteiger partial charge < -0.3 is 15.4 Å². The zero-order valence-electron chi connectivity index (χ0n) is 12.5. The summed E-state index contributed by atoms with van der Waals surface area (Å²) in [5.74, 6) is 0.880. The van der Waals surface area contributed by atoms with Gasteiger partial charge in [-0.15, -0.1) is 0 Å². The summed E-state index contributed by atoms with van der Waals surface area (Å²) in [7, 11) is 2.27. The molecule has 110 valence electrons.